The summed E-state index contributed by atoms with van der Waals surface area (Å²) in [6, 6.07) is 1.86. The van der Waals surface area contributed by atoms with Crippen molar-refractivity contribution in [2.75, 3.05) is 25.5 Å². The average Bonchev–Trinajstić information content (AvgIpc) is 2.63. The lowest BCUT2D eigenvalue weighted by molar-refractivity contribution is -0.134. The van der Waals surface area contributed by atoms with E-state index in [9.17, 15) is 4.79 Å². The number of carbonyl (C=O) groups is 1. The van der Waals surface area contributed by atoms with Gasteiger partial charge in [-0.3, -0.25) is 9.78 Å². The summed E-state index contributed by atoms with van der Waals surface area (Å²) in [5.74, 6) is 1.14. The lowest BCUT2D eigenvalue weighted by atomic mass is 9.99. The topological polar surface area (TPSA) is 95.9 Å². The molecule has 2 N–H and O–H groups in total. The summed E-state index contributed by atoms with van der Waals surface area (Å²) in [5, 5.41) is 5.97. The van der Waals surface area contributed by atoms with Gasteiger partial charge in [0.15, 0.2) is 5.82 Å². The molecule has 1 aliphatic rings. The van der Waals surface area contributed by atoms with E-state index in [4.69, 9.17) is 0 Å². The third-order valence-corrected chi connectivity index (χ3v) is 3.97. The van der Waals surface area contributed by atoms with Gasteiger partial charge in [0.25, 0.3) is 0 Å². The summed E-state index contributed by atoms with van der Waals surface area (Å²) < 4.78 is 0. The molecule has 0 aromatic carbocycles. The second kappa shape index (κ2) is 7.78. The van der Waals surface area contributed by atoms with Crippen LogP contribution in [0.3, 0.4) is 0 Å². The lowest BCUT2D eigenvalue weighted by Gasteiger charge is -2.35. The number of likely N-dealkylation sites (N-methyl/N-ethyl adjacent to an activating group) is 1. The molecule has 3 heterocycles. The highest BCUT2D eigenvalue weighted by Gasteiger charge is 2.28. The van der Waals surface area contributed by atoms with Crippen molar-refractivity contribution in [3.05, 3.63) is 36.5 Å². The van der Waals surface area contributed by atoms with Gasteiger partial charge in [0.05, 0.1) is 24.5 Å². The fourth-order valence-electron chi connectivity index (χ4n) is 2.89. The van der Waals surface area contributed by atoms with Crippen LogP contribution in [0.15, 0.2) is 30.9 Å². The van der Waals surface area contributed by atoms with Crippen LogP contribution in [-0.2, 0) is 4.79 Å². The first kappa shape index (κ1) is 16.3. The highest BCUT2D eigenvalue weighted by atomic mass is 16.2. The molecule has 0 radical (unpaired) electrons. The van der Waals surface area contributed by atoms with Gasteiger partial charge in [0.2, 0.25) is 11.9 Å². The Kier molecular flexibility index (Phi) is 5.27. The SMILES string of the molecule is CNCC(=O)N1CCCC[C@H]1c1ccnc(Nc2cnccn2)n1. The van der Waals surface area contributed by atoms with Gasteiger partial charge in [-0.05, 0) is 32.4 Å². The molecular formula is C16H21N7O. The van der Waals surface area contributed by atoms with E-state index in [2.05, 4.69) is 30.6 Å². The Labute approximate surface area is 140 Å². The number of nitrogens with zero attached hydrogens (tertiary/aromatic N) is 5. The first-order chi connectivity index (χ1) is 11.8. The molecule has 1 atom stereocenters. The molecule has 1 fully saturated rings. The van der Waals surface area contributed by atoms with E-state index < -0.39 is 0 Å². The van der Waals surface area contributed by atoms with Crippen LogP contribution >= 0.6 is 0 Å². The van der Waals surface area contributed by atoms with Crippen LogP contribution in [0, 0.1) is 0 Å². The standard InChI is InChI=1S/C16H21N7O/c1-17-11-15(24)23-9-3-2-4-13(23)12-5-6-20-16(21-12)22-14-10-18-7-8-19-14/h5-8,10,13,17H,2-4,9,11H2,1H3,(H,19,20,21,22)/t13-/m0/s1. The van der Waals surface area contributed by atoms with Gasteiger partial charge >= 0.3 is 0 Å². The Morgan fingerprint density at radius 2 is 2.21 bits per heavy atom. The maximum absolute atomic E-state index is 12.3. The predicted octanol–water partition coefficient (Wildman–Crippen LogP) is 1.28. The second-order valence-electron chi connectivity index (χ2n) is 5.65. The summed E-state index contributed by atoms with van der Waals surface area (Å²) in [5.41, 5.74) is 0.848. The van der Waals surface area contributed by atoms with Crippen LogP contribution in [-0.4, -0.2) is 50.9 Å². The van der Waals surface area contributed by atoms with Crippen molar-refractivity contribution in [1.82, 2.24) is 30.2 Å². The summed E-state index contributed by atoms with van der Waals surface area (Å²) >= 11 is 0. The van der Waals surface area contributed by atoms with Crippen LogP contribution in [0.2, 0.25) is 0 Å². The van der Waals surface area contributed by atoms with Crippen molar-refractivity contribution in [1.29, 1.82) is 0 Å². The van der Waals surface area contributed by atoms with E-state index >= 15 is 0 Å². The Balaban J connectivity index is 1.79. The average molecular weight is 327 g/mol. The Morgan fingerprint density at radius 3 is 3.00 bits per heavy atom. The number of likely N-dealkylation sites (tertiary alicyclic amines) is 1. The monoisotopic (exact) mass is 327 g/mol. The Bertz CT molecular complexity index is 679. The highest BCUT2D eigenvalue weighted by Crippen LogP contribution is 2.30. The van der Waals surface area contributed by atoms with E-state index in [1.165, 1.54) is 0 Å². The molecule has 8 nitrogen and oxygen atoms in total. The molecule has 1 aliphatic heterocycles. The third-order valence-electron chi connectivity index (χ3n) is 3.97. The van der Waals surface area contributed by atoms with Crippen molar-refractivity contribution in [2.45, 2.75) is 25.3 Å². The second-order valence-corrected chi connectivity index (χ2v) is 5.65. The molecule has 3 rings (SSSR count). The smallest absolute Gasteiger partial charge is 0.237 e. The summed E-state index contributed by atoms with van der Waals surface area (Å²) in [7, 11) is 1.78. The van der Waals surface area contributed by atoms with E-state index in [1.807, 2.05) is 11.0 Å². The van der Waals surface area contributed by atoms with E-state index in [1.54, 1.807) is 31.8 Å². The molecule has 0 unspecified atom stereocenters. The van der Waals surface area contributed by atoms with E-state index in [0.717, 1.165) is 31.5 Å². The molecule has 1 amide bonds. The fourth-order valence-corrected chi connectivity index (χ4v) is 2.89. The minimum atomic E-state index is -0.00925. The molecule has 1 saturated heterocycles. The van der Waals surface area contributed by atoms with Crippen LogP contribution < -0.4 is 10.6 Å². The van der Waals surface area contributed by atoms with Crippen molar-refractivity contribution in [3.63, 3.8) is 0 Å². The molecule has 0 aliphatic carbocycles. The van der Waals surface area contributed by atoms with Crippen molar-refractivity contribution in [3.8, 4) is 0 Å². The summed E-state index contributed by atoms with van der Waals surface area (Å²) in [6.45, 7) is 1.11. The zero-order chi connectivity index (χ0) is 16.8. The van der Waals surface area contributed by atoms with E-state index in [0.29, 0.717) is 18.3 Å². The number of rotatable bonds is 5. The van der Waals surface area contributed by atoms with Crippen molar-refractivity contribution < 1.29 is 4.79 Å². The minimum Gasteiger partial charge on any atom is -0.333 e. The maximum atomic E-state index is 12.3. The molecular weight excluding hydrogens is 306 g/mol. The number of amides is 1. The van der Waals surface area contributed by atoms with Gasteiger partial charge in [-0.15, -0.1) is 0 Å². The lowest BCUT2D eigenvalue weighted by Crippen LogP contribution is -2.42. The molecule has 2 aromatic heterocycles. The van der Waals surface area contributed by atoms with Gasteiger partial charge < -0.3 is 15.5 Å². The number of nitrogens with one attached hydrogen (secondary N) is 2. The van der Waals surface area contributed by atoms with Gasteiger partial charge in [-0.2, -0.15) is 0 Å². The molecule has 0 spiro atoms. The third kappa shape index (κ3) is 3.83. The Morgan fingerprint density at radius 1 is 1.29 bits per heavy atom. The number of hydrogen-bond acceptors (Lipinski definition) is 7. The zero-order valence-electron chi connectivity index (χ0n) is 13.6. The van der Waals surface area contributed by atoms with Gasteiger partial charge in [0.1, 0.15) is 0 Å². The summed E-state index contributed by atoms with van der Waals surface area (Å²) in [6.07, 6.45) is 9.56. The molecule has 0 saturated carbocycles. The van der Waals surface area contributed by atoms with E-state index in [-0.39, 0.29) is 11.9 Å². The van der Waals surface area contributed by atoms with Gasteiger partial charge in [0, 0.05) is 25.1 Å². The number of piperidine rings is 1. The molecule has 126 valence electrons. The predicted molar refractivity (Wildman–Crippen MR) is 89.6 cm³/mol. The van der Waals surface area contributed by atoms with Crippen LogP contribution in [0.25, 0.3) is 0 Å². The Hall–Kier alpha value is -2.61. The largest absolute Gasteiger partial charge is 0.333 e. The first-order valence-electron chi connectivity index (χ1n) is 8.08. The molecule has 24 heavy (non-hydrogen) atoms. The maximum Gasteiger partial charge on any atom is 0.237 e. The summed E-state index contributed by atoms with van der Waals surface area (Å²) in [4.78, 5) is 31.2. The quantitative estimate of drug-likeness (QED) is 0.854. The van der Waals surface area contributed by atoms with Gasteiger partial charge in [-0.1, -0.05) is 0 Å². The zero-order valence-corrected chi connectivity index (χ0v) is 13.6. The van der Waals surface area contributed by atoms with Crippen LogP contribution in [0.4, 0.5) is 11.8 Å². The molecule has 2 aromatic rings. The van der Waals surface area contributed by atoms with Crippen LogP contribution in [0.5, 0.6) is 0 Å². The van der Waals surface area contributed by atoms with Gasteiger partial charge in [-0.25, -0.2) is 15.0 Å². The number of carbonyl (C=O) groups excluding carboxylic acids is 1. The van der Waals surface area contributed by atoms with Crippen molar-refractivity contribution in [2.24, 2.45) is 0 Å². The van der Waals surface area contributed by atoms with Crippen LogP contribution in [0.1, 0.15) is 31.0 Å². The minimum absolute atomic E-state index is 0.00925. The fraction of sp³-hybridized carbons (Fsp3) is 0.438. The number of anilines is 2. The highest BCUT2D eigenvalue weighted by molar-refractivity contribution is 5.78. The number of aromatic nitrogens is 4. The first-order valence-corrected chi connectivity index (χ1v) is 8.08. The molecule has 0 bridgehead atoms. The normalized spacial score (nSPS) is 17.5. The molecule has 8 heteroatoms. The number of hydrogen-bond donors (Lipinski definition) is 2. The van der Waals surface area contributed by atoms with Crippen molar-refractivity contribution >= 4 is 17.7 Å².